The number of carbonyl (C=O) groups is 1. The third-order valence-corrected chi connectivity index (χ3v) is 1.94. The molecule has 4 nitrogen and oxygen atoms in total. The van der Waals surface area contributed by atoms with Crippen molar-refractivity contribution in [1.82, 2.24) is 9.78 Å². The Morgan fingerprint density at radius 1 is 1.64 bits per heavy atom. The summed E-state index contributed by atoms with van der Waals surface area (Å²) in [7, 11) is 0. The van der Waals surface area contributed by atoms with E-state index in [4.69, 9.17) is 4.74 Å². The summed E-state index contributed by atoms with van der Waals surface area (Å²) in [5.41, 5.74) is 0.313. The normalized spacial score (nSPS) is 11.4. The minimum absolute atomic E-state index is 0.454. The van der Waals surface area contributed by atoms with Crippen LogP contribution < -0.4 is 0 Å². The summed E-state index contributed by atoms with van der Waals surface area (Å²) in [5, 5.41) is 4.64. The Labute approximate surface area is 91.4 Å². The molecule has 0 unspecified atom stereocenters. The highest BCUT2D eigenvalue weighted by molar-refractivity contribution is 9.08. The molecule has 0 atom stereocenters. The van der Waals surface area contributed by atoms with Gasteiger partial charge in [0, 0.05) is 11.5 Å². The van der Waals surface area contributed by atoms with E-state index >= 15 is 0 Å². The van der Waals surface area contributed by atoms with Crippen molar-refractivity contribution in [2.45, 2.75) is 31.7 Å². The fourth-order valence-corrected chi connectivity index (χ4v) is 1.14. The number of hydrogen-bond donors (Lipinski definition) is 0. The van der Waals surface area contributed by atoms with Crippen LogP contribution in [0.3, 0.4) is 0 Å². The predicted octanol–water partition coefficient (Wildman–Crippen LogP) is 2.56. The zero-order chi connectivity index (χ0) is 10.8. The van der Waals surface area contributed by atoms with Crippen LogP contribution in [-0.4, -0.2) is 21.5 Å². The molecule has 0 fully saturated rings. The molecule has 78 valence electrons. The molecule has 0 bridgehead atoms. The number of aromatic nitrogens is 2. The van der Waals surface area contributed by atoms with Crippen LogP contribution in [-0.2, 0) is 10.1 Å². The summed E-state index contributed by atoms with van der Waals surface area (Å²) in [4.78, 5) is 11.5. The van der Waals surface area contributed by atoms with Gasteiger partial charge in [0.1, 0.15) is 5.60 Å². The van der Waals surface area contributed by atoms with Gasteiger partial charge in [-0.15, -0.1) is 0 Å². The molecule has 1 rings (SSSR count). The van der Waals surface area contributed by atoms with E-state index in [0.29, 0.717) is 5.33 Å². The summed E-state index contributed by atoms with van der Waals surface area (Å²) < 4.78 is 6.32. The molecule has 0 aliphatic rings. The zero-order valence-electron chi connectivity index (χ0n) is 8.45. The highest BCUT2D eigenvalue weighted by atomic mass is 79.9. The Balaban J connectivity index is 2.70. The monoisotopic (exact) mass is 260 g/mol. The van der Waals surface area contributed by atoms with Crippen molar-refractivity contribution in [1.29, 1.82) is 0 Å². The molecule has 1 aromatic heterocycles. The number of nitrogens with zero attached hydrogens (tertiary/aromatic N) is 2. The van der Waals surface area contributed by atoms with E-state index in [1.807, 2.05) is 20.8 Å². The minimum Gasteiger partial charge on any atom is -0.442 e. The van der Waals surface area contributed by atoms with Gasteiger partial charge in [0.05, 0.1) is 5.69 Å². The van der Waals surface area contributed by atoms with Gasteiger partial charge >= 0.3 is 6.09 Å². The molecule has 0 amide bonds. The molecule has 1 aromatic rings. The van der Waals surface area contributed by atoms with Crippen LogP contribution in [0.5, 0.6) is 0 Å². The number of hydrogen-bond acceptors (Lipinski definition) is 3. The van der Waals surface area contributed by atoms with Gasteiger partial charge in [0.15, 0.2) is 0 Å². The molecule has 0 spiro atoms. The van der Waals surface area contributed by atoms with Crippen LogP contribution in [0.15, 0.2) is 12.3 Å². The Morgan fingerprint density at radius 3 is 2.71 bits per heavy atom. The maximum absolute atomic E-state index is 11.5. The topological polar surface area (TPSA) is 44.1 Å². The van der Waals surface area contributed by atoms with Crippen molar-refractivity contribution >= 4 is 22.0 Å². The lowest BCUT2D eigenvalue weighted by molar-refractivity contribution is 0.0514. The van der Waals surface area contributed by atoms with Crippen molar-refractivity contribution in [3.8, 4) is 0 Å². The van der Waals surface area contributed by atoms with Gasteiger partial charge in [-0.1, -0.05) is 15.9 Å². The third kappa shape index (κ3) is 3.14. The van der Waals surface area contributed by atoms with Crippen LogP contribution in [0.2, 0.25) is 0 Å². The maximum atomic E-state index is 11.5. The maximum Gasteiger partial charge on any atom is 0.435 e. The van der Waals surface area contributed by atoms with Gasteiger partial charge in [0.25, 0.3) is 0 Å². The van der Waals surface area contributed by atoms with Crippen molar-refractivity contribution in [2.75, 3.05) is 0 Å². The lowest BCUT2D eigenvalue weighted by atomic mass is 10.2. The molecule has 0 saturated carbocycles. The Kier molecular flexibility index (Phi) is 3.31. The van der Waals surface area contributed by atoms with Gasteiger partial charge in [-0.05, 0) is 26.8 Å². The van der Waals surface area contributed by atoms with E-state index in [1.54, 1.807) is 12.3 Å². The molecule has 0 aliphatic carbocycles. The largest absolute Gasteiger partial charge is 0.442 e. The molecule has 1 heterocycles. The zero-order valence-corrected chi connectivity index (χ0v) is 10.0. The van der Waals surface area contributed by atoms with Gasteiger partial charge in [-0.3, -0.25) is 0 Å². The summed E-state index contributed by atoms with van der Waals surface area (Å²) >= 11 is 3.25. The molecule has 0 aliphatic heterocycles. The summed E-state index contributed by atoms with van der Waals surface area (Å²) in [6, 6.07) is 1.76. The number of ether oxygens (including phenoxy) is 1. The minimum atomic E-state index is -0.488. The second kappa shape index (κ2) is 4.13. The van der Waals surface area contributed by atoms with Crippen molar-refractivity contribution in [2.24, 2.45) is 0 Å². The molecule has 0 saturated heterocycles. The van der Waals surface area contributed by atoms with E-state index in [-0.39, 0.29) is 0 Å². The Morgan fingerprint density at radius 2 is 2.29 bits per heavy atom. The van der Waals surface area contributed by atoms with E-state index in [9.17, 15) is 4.79 Å². The number of rotatable bonds is 1. The van der Waals surface area contributed by atoms with Crippen LogP contribution in [0, 0.1) is 0 Å². The van der Waals surface area contributed by atoms with Crippen molar-refractivity contribution < 1.29 is 9.53 Å². The average molecular weight is 261 g/mol. The lowest BCUT2D eigenvalue weighted by Gasteiger charge is -2.18. The SMILES string of the molecule is CC(C)(C)OC(=O)n1ccc(CBr)n1. The van der Waals surface area contributed by atoms with Gasteiger partial charge in [-0.25, -0.2) is 4.79 Å². The molecule has 0 radical (unpaired) electrons. The first-order valence-electron chi connectivity index (χ1n) is 4.26. The number of halogens is 1. The molecule has 0 N–H and O–H groups in total. The quantitative estimate of drug-likeness (QED) is 0.730. The van der Waals surface area contributed by atoms with E-state index in [0.717, 1.165) is 5.69 Å². The first-order chi connectivity index (χ1) is 6.42. The number of carbonyl (C=O) groups excluding carboxylic acids is 1. The molecule has 14 heavy (non-hydrogen) atoms. The van der Waals surface area contributed by atoms with E-state index in [2.05, 4.69) is 21.0 Å². The van der Waals surface area contributed by atoms with Gasteiger partial charge in [-0.2, -0.15) is 9.78 Å². The molecular formula is C9H13BrN2O2. The Hall–Kier alpha value is -0.840. The first kappa shape index (κ1) is 11.2. The smallest absolute Gasteiger partial charge is 0.435 e. The molecule has 5 heteroatoms. The highest BCUT2D eigenvalue weighted by Gasteiger charge is 2.18. The van der Waals surface area contributed by atoms with Crippen LogP contribution >= 0.6 is 15.9 Å². The summed E-state index contributed by atoms with van der Waals surface area (Å²) in [6.45, 7) is 5.46. The van der Waals surface area contributed by atoms with Crippen molar-refractivity contribution in [3.63, 3.8) is 0 Å². The summed E-state index contributed by atoms with van der Waals surface area (Å²) in [6.07, 6.45) is 1.13. The van der Waals surface area contributed by atoms with Crippen LogP contribution in [0.1, 0.15) is 26.5 Å². The number of alkyl halides is 1. The first-order valence-corrected chi connectivity index (χ1v) is 5.38. The predicted molar refractivity (Wildman–Crippen MR) is 56.5 cm³/mol. The van der Waals surface area contributed by atoms with Gasteiger partial charge in [0.2, 0.25) is 0 Å². The second-order valence-corrected chi connectivity index (χ2v) is 4.43. The Bertz CT molecular complexity index is 328. The fourth-order valence-electron chi connectivity index (χ4n) is 0.843. The molecular weight excluding hydrogens is 248 g/mol. The third-order valence-electron chi connectivity index (χ3n) is 1.36. The standard InChI is InChI=1S/C9H13BrN2O2/c1-9(2,3)14-8(13)12-5-4-7(6-10)11-12/h4-5H,6H2,1-3H3. The van der Waals surface area contributed by atoms with Crippen molar-refractivity contribution in [3.05, 3.63) is 18.0 Å². The second-order valence-electron chi connectivity index (χ2n) is 3.87. The summed E-state index contributed by atoms with van der Waals surface area (Å²) in [5.74, 6) is 0. The van der Waals surface area contributed by atoms with Gasteiger partial charge < -0.3 is 4.74 Å². The lowest BCUT2D eigenvalue weighted by Crippen LogP contribution is -2.27. The van der Waals surface area contributed by atoms with Crippen LogP contribution in [0.25, 0.3) is 0 Å². The fraction of sp³-hybridized carbons (Fsp3) is 0.556. The van der Waals surface area contributed by atoms with Crippen LogP contribution in [0.4, 0.5) is 4.79 Å². The average Bonchev–Trinajstić information content (AvgIpc) is 2.48. The van der Waals surface area contributed by atoms with E-state index < -0.39 is 11.7 Å². The highest BCUT2D eigenvalue weighted by Crippen LogP contribution is 2.09. The van der Waals surface area contributed by atoms with E-state index in [1.165, 1.54) is 4.68 Å². The molecule has 0 aromatic carbocycles.